The Labute approximate surface area is 178 Å². The van der Waals surface area contributed by atoms with Crippen LogP contribution in [0.2, 0.25) is 0 Å². The number of aliphatic hydroxyl groups excluding tert-OH is 1. The minimum atomic E-state index is -1.79. The number of esters is 1. The average molecular weight is 431 g/mol. The number of likely N-dealkylation sites (N-methyl/N-ethyl adjacent to an activating group) is 1. The molecule has 2 heterocycles. The summed E-state index contributed by atoms with van der Waals surface area (Å²) in [5.41, 5.74) is 0.00341. The zero-order chi connectivity index (χ0) is 22.1. The van der Waals surface area contributed by atoms with Crippen LogP contribution in [0.1, 0.15) is 30.4 Å². The summed E-state index contributed by atoms with van der Waals surface area (Å²) in [5.74, 6) is -1.09. The Balaban J connectivity index is 1.61. The average Bonchev–Trinajstić information content (AvgIpc) is 3.07. The highest BCUT2D eigenvalue weighted by molar-refractivity contribution is 5.81. The molecule has 9 heteroatoms. The number of carbonyl (C=O) groups excluding carboxylic acids is 1. The number of carboxylic acids is 1. The smallest absolute Gasteiger partial charge is 0.340 e. The first-order valence-corrected chi connectivity index (χ1v) is 10.3. The van der Waals surface area contributed by atoms with Gasteiger partial charge in [-0.2, -0.15) is 0 Å². The van der Waals surface area contributed by atoms with Crippen molar-refractivity contribution in [3.63, 3.8) is 0 Å². The molecule has 0 amide bonds. The number of hydrogen-bond acceptors (Lipinski definition) is 8. The summed E-state index contributed by atoms with van der Waals surface area (Å²) < 4.78 is 17.3. The van der Waals surface area contributed by atoms with Crippen LogP contribution < -0.4 is 9.47 Å². The van der Waals surface area contributed by atoms with Gasteiger partial charge in [-0.3, -0.25) is 4.79 Å². The number of aliphatic carboxylic acids is 1. The molecule has 3 N–H and O–H groups in total. The number of methoxy groups -OCH3 is 1. The van der Waals surface area contributed by atoms with E-state index < -0.39 is 41.6 Å². The molecule has 166 valence electrons. The van der Waals surface area contributed by atoms with Crippen LogP contribution in [0.5, 0.6) is 11.5 Å². The SMILES string of the molecule is COc1ccc2c3c1OC1C(OC(=O)[C@@H](O)CC(=O)O)=CC[C@@]4(O)[C@@H](C2)N(C)CCC314. The maximum absolute atomic E-state index is 12.4. The van der Waals surface area contributed by atoms with Crippen LogP contribution in [0, 0.1) is 0 Å². The highest BCUT2D eigenvalue weighted by atomic mass is 16.6. The fraction of sp³-hybridized carbons (Fsp3) is 0.545. The van der Waals surface area contributed by atoms with Gasteiger partial charge in [-0.1, -0.05) is 6.07 Å². The third kappa shape index (κ3) is 2.54. The molecule has 1 aromatic rings. The maximum atomic E-state index is 12.4. The first kappa shape index (κ1) is 20.3. The molecule has 2 aliphatic carbocycles. The van der Waals surface area contributed by atoms with Crippen LogP contribution in [0.15, 0.2) is 24.0 Å². The lowest BCUT2D eigenvalue weighted by molar-refractivity contribution is -0.173. The van der Waals surface area contributed by atoms with Gasteiger partial charge in [0.25, 0.3) is 0 Å². The minimum Gasteiger partial charge on any atom is -0.493 e. The van der Waals surface area contributed by atoms with Crippen molar-refractivity contribution < 1.29 is 39.1 Å². The van der Waals surface area contributed by atoms with Crippen LogP contribution in [-0.4, -0.2) is 76.7 Å². The quantitative estimate of drug-likeness (QED) is 0.566. The first-order valence-electron chi connectivity index (χ1n) is 10.3. The van der Waals surface area contributed by atoms with Gasteiger partial charge < -0.3 is 34.4 Å². The molecule has 0 saturated carbocycles. The largest absolute Gasteiger partial charge is 0.493 e. The molecule has 9 nitrogen and oxygen atoms in total. The number of aliphatic hydroxyl groups is 2. The molecule has 5 rings (SSSR count). The number of nitrogens with zero attached hydrogens (tertiary/aromatic N) is 1. The molecular formula is C22H25NO8. The number of benzene rings is 1. The van der Waals surface area contributed by atoms with E-state index in [1.807, 2.05) is 19.2 Å². The summed E-state index contributed by atoms with van der Waals surface area (Å²) in [5, 5.41) is 30.8. The zero-order valence-corrected chi connectivity index (χ0v) is 17.3. The predicted octanol–water partition coefficient (Wildman–Crippen LogP) is 0.352. The Hall–Kier alpha value is -2.62. The molecular weight excluding hydrogens is 406 g/mol. The Bertz CT molecular complexity index is 1010. The van der Waals surface area contributed by atoms with Gasteiger partial charge in [-0.15, -0.1) is 0 Å². The lowest BCUT2D eigenvalue weighted by Crippen LogP contribution is -2.74. The van der Waals surface area contributed by atoms with Crippen LogP contribution in [0.4, 0.5) is 0 Å². The van der Waals surface area contributed by atoms with E-state index >= 15 is 0 Å². The molecule has 1 spiro atoms. The Kier molecular flexibility index (Phi) is 4.38. The topological polar surface area (TPSA) is 126 Å². The van der Waals surface area contributed by atoms with Gasteiger partial charge in [-0.25, -0.2) is 4.79 Å². The van der Waals surface area contributed by atoms with Gasteiger partial charge in [0.15, 0.2) is 23.7 Å². The van der Waals surface area contributed by atoms with E-state index in [1.54, 1.807) is 13.2 Å². The fourth-order valence-corrected chi connectivity index (χ4v) is 6.02. The van der Waals surface area contributed by atoms with E-state index in [4.69, 9.17) is 19.3 Å². The lowest BCUT2D eigenvalue weighted by Gasteiger charge is -2.61. The molecule has 2 bridgehead atoms. The van der Waals surface area contributed by atoms with E-state index in [2.05, 4.69) is 4.90 Å². The molecule has 5 atom stereocenters. The second kappa shape index (κ2) is 6.69. The number of likely N-dealkylation sites (tertiary alicyclic amines) is 1. The van der Waals surface area contributed by atoms with E-state index in [0.717, 1.165) is 17.7 Å². The molecule has 1 saturated heterocycles. The molecule has 0 aromatic heterocycles. The third-order valence-corrected chi connectivity index (χ3v) is 7.42. The molecule has 0 radical (unpaired) electrons. The van der Waals surface area contributed by atoms with E-state index in [-0.39, 0.29) is 18.2 Å². The number of carboxylic acid groups (broad SMARTS) is 1. The second-order valence-corrected chi connectivity index (χ2v) is 8.82. The molecule has 31 heavy (non-hydrogen) atoms. The number of carbonyl (C=O) groups is 2. The molecule has 2 aliphatic heterocycles. The van der Waals surface area contributed by atoms with E-state index in [0.29, 0.717) is 24.3 Å². The first-order chi connectivity index (χ1) is 14.7. The standard InChI is InChI=1S/C22H25NO8/c1-23-8-7-21-17-11-3-4-13(29-2)18(17)31-19(21)14(5-6-22(21,28)15(23)9-11)30-20(27)12(24)10-16(25)26/h3-5,12,15,19,24,28H,6-10H2,1-2H3,(H,25,26)/t12-,15+,19?,21?,22+/m0/s1. The van der Waals surface area contributed by atoms with Crippen molar-refractivity contribution in [2.24, 2.45) is 0 Å². The predicted molar refractivity (Wildman–Crippen MR) is 106 cm³/mol. The van der Waals surface area contributed by atoms with Crippen LogP contribution in [0.3, 0.4) is 0 Å². The number of rotatable bonds is 5. The minimum absolute atomic E-state index is 0.134. The normalized spacial score (nSPS) is 33.6. The number of ether oxygens (including phenoxy) is 3. The van der Waals surface area contributed by atoms with Gasteiger partial charge in [0.1, 0.15) is 5.76 Å². The van der Waals surface area contributed by atoms with Gasteiger partial charge >= 0.3 is 11.9 Å². The zero-order valence-electron chi connectivity index (χ0n) is 17.3. The summed E-state index contributed by atoms with van der Waals surface area (Å²) in [6, 6.07) is 3.71. The Morgan fingerprint density at radius 1 is 1.39 bits per heavy atom. The summed E-state index contributed by atoms with van der Waals surface area (Å²) in [6.45, 7) is 0.728. The van der Waals surface area contributed by atoms with Gasteiger partial charge in [0, 0.05) is 18.0 Å². The van der Waals surface area contributed by atoms with Crippen molar-refractivity contribution in [3.05, 3.63) is 35.1 Å². The van der Waals surface area contributed by atoms with Crippen molar-refractivity contribution in [1.82, 2.24) is 4.90 Å². The van der Waals surface area contributed by atoms with Crippen LogP contribution >= 0.6 is 0 Å². The van der Waals surface area contributed by atoms with Crippen LogP contribution in [0.25, 0.3) is 0 Å². The highest BCUT2D eigenvalue weighted by Gasteiger charge is 2.72. The second-order valence-electron chi connectivity index (χ2n) is 8.82. The fourth-order valence-electron chi connectivity index (χ4n) is 6.02. The van der Waals surface area contributed by atoms with Crippen molar-refractivity contribution in [2.45, 2.75) is 54.9 Å². The lowest BCUT2D eigenvalue weighted by atomic mass is 9.50. The molecule has 4 aliphatic rings. The number of hydrogen-bond donors (Lipinski definition) is 3. The summed E-state index contributed by atoms with van der Waals surface area (Å²) in [6.07, 6.45) is -0.203. The molecule has 1 fully saturated rings. The van der Waals surface area contributed by atoms with E-state index in [1.165, 1.54) is 0 Å². The van der Waals surface area contributed by atoms with E-state index in [9.17, 15) is 19.8 Å². The monoisotopic (exact) mass is 431 g/mol. The Morgan fingerprint density at radius 3 is 2.87 bits per heavy atom. The molecule has 2 unspecified atom stereocenters. The maximum Gasteiger partial charge on any atom is 0.340 e. The summed E-state index contributed by atoms with van der Waals surface area (Å²) in [7, 11) is 3.55. The molecule has 1 aromatic carbocycles. The van der Waals surface area contributed by atoms with Gasteiger partial charge in [0.2, 0.25) is 0 Å². The van der Waals surface area contributed by atoms with Gasteiger partial charge in [-0.05, 0) is 44.1 Å². The van der Waals surface area contributed by atoms with Crippen LogP contribution in [-0.2, 0) is 26.2 Å². The summed E-state index contributed by atoms with van der Waals surface area (Å²) in [4.78, 5) is 25.4. The van der Waals surface area contributed by atoms with Gasteiger partial charge in [0.05, 0.1) is 24.5 Å². The van der Waals surface area contributed by atoms with Crippen molar-refractivity contribution >= 4 is 11.9 Å². The highest BCUT2D eigenvalue weighted by Crippen LogP contribution is 2.65. The summed E-state index contributed by atoms with van der Waals surface area (Å²) >= 11 is 0. The van der Waals surface area contributed by atoms with Crippen molar-refractivity contribution in [3.8, 4) is 11.5 Å². The number of piperidine rings is 1. The van der Waals surface area contributed by atoms with Crippen molar-refractivity contribution in [2.75, 3.05) is 20.7 Å². The Morgan fingerprint density at radius 2 is 2.16 bits per heavy atom. The third-order valence-electron chi connectivity index (χ3n) is 7.42. The van der Waals surface area contributed by atoms with Crippen molar-refractivity contribution in [1.29, 1.82) is 0 Å².